The molecule has 0 aromatic heterocycles. The zero-order valence-corrected chi connectivity index (χ0v) is 8.24. The van der Waals surface area contributed by atoms with E-state index in [0.29, 0.717) is 0 Å². The Bertz CT molecular complexity index is 195. The Morgan fingerprint density at radius 3 is 2.82 bits per heavy atom. The minimum absolute atomic E-state index is 0.265. The van der Waals surface area contributed by atoms with E-state index in [0.717, 1.165) is 0 Å². The molecule has 0 unspecified atom stereocenters. The number of halogens is 1. The first-order valence-electron chi connectivity index (χ1n) is 2.89. The van der Waals surface area contributed by atoms with Gasteiger partial charge in [-0.05, 0) is 11.0 Å². The van der Waals surface area contributed by atoms with E-state index in [1.165, 1.54) is 12.4 Å². The number of hydrogen-bond donors (Lipinski definition) is 2. The molecule has 0 saturated carbocycles. The van der Waals surface area contributed by atoms with Gasteiger partial charge in [0.25, 0.3) is 0 Å². The molecule has 0 aromatic rings. The van der Waals surface area contributed by atoms with Gasteiger partial charge in [0.2, 0.25) is 0 Å². The van der Waals surface area contributed by atoms with Crippen LogP contribution in [0.2, 0.25) is 0 Å². The van der Waals surface area contributed by atoms with Crippen molar-refractivity contribution >= 4 is 40.9 Å². The largest absolute Gasteiger partial charge is 0.287 e. The molecule has 4 nitrogen and oxygen atoms in total. The standard InChI is InChI=1S/C6H9IN4/c1-6(8)9-4-5-11-10-3-2-7/h2-5,8,10H,1H3/b3-2-,8-6?,9-4-,11-5-. The fraction of sp³-hybridized carbons (Fsp3) is 0.167. The van der Waals surface area contributed by atoms with E-state index in [9.17, 15) is 0 Å². The Balaban J connectivity index is 3.52. The number of nitrogens with one attached hydrogen (secondary N) is 2. The summed E-state index contributed by atoms with van der Waals surface area (Å²) >= 11 is 2.07. The van der Waals surface area contributed by atoms with Crippen molar-refractivity contribution < 1.29 is 0 Å². The summed E-state index contributed by atoms with van der Waals surface area (Å²) in [6.45, 7) is 1.60. The van der Waals surface area contributed by atoms with Gasteiger partial charge in [-0.15, -0.1) is 0 Å². The minimum atomic E-state index is 0.265. The third-order valence-corrected chi connectivity index (χ3v) is 0.981. The predicted octanol–water partition coefficient (Wildman–Crippen LogP) is 1.54. The summed E-state index contributed by atoms with van der Waals surface area (Å²) in [6, 6.07) is 0. The number of rotatable bonds is 3. The van der Waals surface area contributed by atoms with Gasteiger partial charge in [-0.2, -0.15) is 5.10 Å². The highest BCUT2D eigenvalue weighted by atomic mass is 127. The smallest absolute Gasteiger partial charge is 0.117 e. The lowest BCUT2D eigenvalue weighted by Crippen LogP contribution is -1.93. The van der Waals surface area contributed by atoms with Crippen LogP contribution in [0, 0.1) is 5.41 Å². The summed E-state index contributed by atoms with van der Waals surface area (Å²) in [6.07, 6.45) is 4.62. The molecule has 60 valence electrons. The maximum atomic E-state index is 6.92. The molecular formula is C6H9IN4. The molecule has 11 heavy (non-hydrogen) atoms. The summed E-state index contributed by atoms with van der Waals surface area (Å²) in [4.78, 5) is 3.67. The second kappa shape index (κ2) is 7.39. The van der Waals surface area contributed by atoms with E-state index in [4.69, 9.17) is 5.41 Å². The second-order valence-corrected chi connectivity index (χ2v) is 2.28. The first kappa shape index (κ1) is 10.3. The summed E-state index contributed by atoms with van der Waals surface area (Å²) in [7, 11) is 0. The van der Waals surface area contributed by atoms with Gasteiger partial charge in [0, 0.05) is 12.4 Å². The van der Waals surface area contributed by atoms with Crippen molar-refractivity contribution in [3.63, 3.8) is 0 Å². The summed E-state index contributed by atoms with van der Waals surface area (Å²) < 4.78 is 1.80. The van der Waals surface area contributed by atoms with Crippen molar-refractivity contribution in [1.82, 2.24) is 5.43 Å². The average Bonchev–Trinajstić information content (AvgIpc) is 1.96. The SMILES string of the molecule is CC(=N)/N=C\C=N/N/C=C\I. The van der Waals surface area contributed by atoms with Crippen LogP contribution in [0.25, 0.3) is 0 Å². The Morgan fingerprint density at radius 1 is 1.55 bits per heavy atom. The summed E-state index contributed by atoms with van der Waals surface area (Å²) in [5, 5.41) is 10.6. The lowest BCUT2D eigenvalue weighted by Gasteiger charge is -1.83. The Morgan fingerprint density at radius 2 is 2.27 bits per heavy atom. The van der Waals surface area contributed by atoms with Crippen LogP contribution in [0.15, 0.2) is 20.4 Å². The Kier molecular flexibility index (Phi) is 6.90. The number of aliphatic imine (C=N–C) groups is 1. The topological polar surface area (TPSA) is 60.6 Å². The first-order valence-corrected chi connectivity index (χ1v) is 4.13. The van der Waals surface area contributed by atoms with Crippen molar-refractivity contribution in [2.45, 2.75) is 6.92 Å². The molecule has 0 atom stereocenters. The molecule has 0 rings (SSSR count). The fourth-order valence-corrected chi connectivity index (χ4v) is 0.454. The van der Waals surface area contributed by atoms with E-state index in [1.54, 1.807) is 17.2 Å². The molecule has 2 N–H and O–H groups in total. The predicted molar refractivity (Wildman–Crippen MR) is 56.7 cm³/mol. The minimum Gasteiger partial charge on any atom is -0.287 e. The molecular weight excluding hydrogens is 255 g/mol. The highest BCUT2D eigenvalue weighted by Crippen LogP contribution is 1.78. The molecule has 0 aliphatic carbocycles. The third kappa shape index (κ3) is 9.28. The second-order valence-electron chi connectivity index (χ2n) is 1.56. The van der Waals surface area contributed by atoms with Gasteiger partial charge < -0.3 is 0 Å². The molecule has 0 aromatic carbocycles. The Hall–Kier alpha value is -0.720. The van der Waals surface area contributed by atoms with Crippen LogP contribution in [0.3, 0.4) is 0 Å². The molecule has 0 aliphatic heterocycles. The van der Waals surface area contributed by atoms with Gasteiger partial charge in [0.15, 0.2) is 0 Å². The first-order chi connectivity index (χ1) is 5.27. The molecule has 0 amide bonds. The van der Waals surface area contributed by atoms with E-state index < -0.39 is 0 Å². The zero-order valence-electron chi connectivity index (χ0n) is 6.08. The van der Waals surface area contributed by atoms with Crippen LogP contribution < -0.4 is 5.43 Å². The maximum Gasteiger partial charge on any atom is 0.117 e. The molecule has 0 bridgehead atoms. The van der Waals surface area contributed by atoms with Crippen molar-refractivity contribution in [2.75, 3.05) is 0 Å². The maximum absolute atomic E-state index is 6.92. The highest BCUT2D eigenvalue weighted by Gasteiger charge is 1.71. The number of hydrogen-bond acceptors (Lipinski definition) is 3. The number of nitrogens with zero attached hydrogens (tertiary/aromatic N) is 2. The quantitative estimate of drug-likeness (QED) is 0.345. The van der Waals surface area contributed by atoms with Crippen LogP contribution in [0.4, 0.5) is 0 Å². The molecule has 0 aliphatic rings. The zero-order chi connectivity index (χ0) is 8.53. The third-order valence-electron chi connectivity index (χ3n) is 0.621. The molecule has 0 heterocycles. The lowest BCUT2D eigenvalue weighted by atomic mass is 10.7. The normalized spacial score (nSPS) is 11.8. The van der Waals surface area contributed by atoms with E-state index in [2.05, 4.69) is 38.1 Å². The van der Waals surface area contributed by atoms with E-state index in [1.807, 2.05) is 0 Å². The van der Waals surface area contributed by atoms with Gasteiger partial charge in [0.05, 0.1) is 6.21 Å². The summed E-state index contributed by atoms with van der Waals surface area (Å²) in [5.41, 5.74) is 2.63. The van der Waals surface area contributed by atoms with Crippen LogP contribution in [0.5, 0.6) is 0 Å². The number of amidine groups is 1. The summed E-state index contributed by atoms with van der Waals surface area (Å²) in [5.74, 6) is 0.265. The van der Waals surface area contributed by atoms with Crippen LogP contribution in [-0.4, -0.2) is 18.3 Å². The molecule has 0 fully saturated rings. The van der Waals surface area contributed by atoms with Crippen LogP contribution >= 0.6 is 22.6 Å². The lowest BCUT2D eigenvalue weighted by molar-refractivity contribution is 0.982. The average molecular weight is 264 g/mol. The van der Waals surface area contributed by atoms with Gasteiger partial charge in [-0.1, -0.05) is 22.6 Å². The fourth-order valence-electron chi connectivity index (χ4n) is 0.293. The van der Waals surface area contributed by atoms with E-state index in [-0.39, 0.29) is 5.84 Å². The van der Waals surface area contributed by atoms with Gasteiger partial charge in [-0.3, -0.25) is 10.8 Å². The van der Waals surface area contributed by atoms with Gasteiger partial charge in [-0.25, -0.2) is 4.99 Å². The highest BCUT2D eigenvalue weighted by molar-refractivity contribution is 14.1. The van der Waals surface area contributed by atoms with Crippen LogP contribution in [0.1, 0.15) is 6.92 Å². The van der Waals surface area contributed by atoms with Crippen molar-refractivity contribution in [3.8, 4) is 0 Å². The van der Waals surface area contributed by atoms with Crippen molar-refractivity contribution in [3.05, 3.63) is 10.3 Å². The van der Waals surface area contributed by atoms with E-state index >= 15 is 0 Å². The van der Waals surface area contributed by atoms with Crippen LogP contribution in [-0.2, 0) is 0 Å². The molecule has 0 radical (unpaired) electrons. The van der Waals surface area contributed by atoms with Gasteiger partial charge in [0.1, 0.15) is 5.84 Å². The molecule has 0 spiro atoms. The molecule has 0 saturated heterocycles. The monoisotopic (exact) mass is 264 g/mol. The van der Waals surface area contributed by atoms with Crippen molar-refractivity contribution in [2.24, 2.45) is 10.1 Å². The number of hydrazone groups is 1. The molecule has 5 heteroatoms. The Labute approximate surface area is 79.1 Å². The van der Waals surface area contributed by atoms with Crippen molar-refractivity contribution in [1.29, 1.82) is 5.41 Å². The van der Waals surface area contributed by atoms with Gasteiger partial charge >= 0.3 is 0 Å².